The summed E-state index contributed by atoms with van der Waals surface area (Å²) in [5.41, 5.74) is 10.3. The van der Waals surface area contributed by atoms with Crippen LogP contribution in [-0.2, 0) is 28.3 Å². The van der Waals surface area contributed by atoms with Crippen LogP contribution in [0.5, 0.6) is 0 Å². The Morgan fingerprint density at radius 1 is 0.769 bits per heavy atom. The summed E-state index contributed by atoms with van der Waals surface area (Å²) in [7, 11) is 0. The Labute approximate surface area is 184 Å². The maximum atomic E-state index is 9.70. The Hall–Kier alpha value is -0.826. The molecule has 1 aliphatic rings. The van der Waals surface area contributed by atoms with E-state index in [1.807, 2.05) is 18.2 Å². The number of hydrogen-bond acceptors (Lipinski definition) is 1. The molecule has 1 N–H and O–H groups in total. The molecule has 1 nitrogen and oxygen atoms in total. The zero-order valence-corrected chi connectivity index (χ0v) is 18.9. The minimum atomic E-state index is 0. The summed E-state index contributed by atoms with van der Waals surface area (Å²) in [5.74, 6) is 0.442. The summed E-state index contributed by atoms with van der Waals surface area (Å²) in [5, 5.41) is 9.70. The van der Waals surface area contributed by atoms with Crippen LogP contribution in [0.3, 0.4) is 0 Å². The number of aliphatic hydroxyl groups excluding tert-OH is 1. The van der Waals surface area contributed by atoms with E-state index in [0.29, 0.717) is 5.92 Å². The van der Waals surface area contributed by atoms with Crippen LogP contribution in [0.15, 0.2) is 65.3 Å². The van der Waals surface area contributed by atoms with E-state index in [4.69, 9.17) is 0 Å². The molecule has 0 heterocycles. The Kier molecular flexibility index (Phi) is 10.2. The van der Waals surface area contributed by atoms with Crippen LogP contribution in [-0.4, -0.2) is 5.11 Å². The van der Waals surface area contributed by atoms with Crippen molar-refractivity contribution in [2.24, 2.45) is 5.92 Å². The first-order valence-corrected chi connectivity index (χ1v) is 8.23. The van der Waals surface area contributed by atoms with Crippen molar-refractivity contribution in [3.05, 3.63) is 76.4 Å². The minimum Gasteiger partial charge on any atom is -0.392 e. The Morgan fingerprint density at radius 3 is 1.77 bits per heavy atom. The van der Waals surface area contributed by atoms with Gasteiger partial charge in [-0.1, -0.05) is 61.0 Å². The number of allylic oxidation sites excluding steroid dienone is 4. The van der Waals surface area contributed by atoms with E-state index in [1.54, 1.807) is 0 Å². The molecule has 0 bridgehead atoms. The molecule has 0 saturated heterocycles. The van der Waals surface area contributed by atoms with Crippen molar-refractivity contribution in [2.75, 3.05) is 0 Å². The molecule has 0 fully saturated rings. The third-order valence-electron chi connectivity index (χ3n) is 5.34. The summed E-state index contributed by atoms with van der Waals surface area (Å²) in [6.45, 7) is 9.04. The zero-order valence-electron chi connectivity index (χ0n) is 15.7. The molecule has 0 radical (unpaired) electrons. The summed E-state index contributed by atoms with van der Waals surface area (Å²) in [6, 6.07) is 16.7. The van der Waals surface area contributed by atoms with Gasteiger partial charge in [0.15, 0.2) is 0 Å². The van der Waals surface area contributed by atoms with E-state index in [9.17, 15) is 5.11 Å². The summed E-state index contributed by atoms with van der Waals surface area (Å²) < 4.78 is 0. The molecular formula is C22H26Cl2OTi. The molecule has 0 aliphatic heterocycles. The number of benzene rings is 2. The molecule has 138 valence electrons. The molecule has 0 saturated carbocycles. The number of rotatable bonds is 3. The van der Waals surface area contributed by atoms with Gasteiger partial charge in [0, 0.05) is 27.6 Å². The van der Waals surface area contributed by atoms with Gasteiger partial charge in [0.05, 0.1) is 6.61 Å². The van der Waals surface area contributed by atoms with E-state index >= 15 is 0 Å². The first kappa shape index (κ1) is 25.2. The zero-order chi connectivity index (χ0) is 16.6. The standard InChI is InChI=1S/C22H24O.2ClH.Ti/c1-14-15(2)17(4)22(16(14)3)21-12-8-7-11-20(21)19-10-6-5-9-18(19)13-23;;;/h5-12,16,23H,13H2,1-4H3;2*1H;. The Balaban J connectivity index is 0.00000208. The smallest absolute Gasteiger partial charge is 0.0687 e. The van der Waals surface area contributed by atoms with Crippen molar-refractivity contribution >= 4 is 30.4 Å². The van der Waals surface area contributed by atoms with Gasteiger partial charge in [-0.05, 0) is 59.7 Å². The Bertz CT molecular complexity index is 824. The van der Waals surface area contributed by atoms with Gasteiger partial charge in [0.1, 0.15) is 0 Å². The fraction of sp³-hybridized carbons (Fsp3) is 0.273. The Morgan fingerprint density at radius 2 is 1.27 bits per heavy atom. The molecule has 1 atom stereocenters. The number of hydrogen-bond donors (Lipinski definition) is 1. The molecule has 0 spiro atoms. The molecule has 3 rings (SSSR count). The van der Waals surface area contributed by atoms with Gasteiger partial charge in [-0.3, -0.25) is 0 Å². The van der Waals surface area contributed by atoms with Gasteiger partial charge in [0.2, 0.25) is 0 Å². The second-order valence-corrected chi connectivity index (χ2v) is 6.43. The third kappa shape index (κ3) is 4.35. The molecule has 1 unspecified atom stereocenters. The molecular weight excluding hydrogens is 399 g/mol. The first-order valence-electron chi connectivity index (χ1n) is 8.23. The SMILES string of the molecule is CC1=C(C)C(C)C(c2ccccc2-c2ccccc2CO)=C1C.Cl.Cl.[Ti]. The van der Waals surface area contributed by atoms with Crippen LogP contribution in [0.4, 0.5) is 0 Å². The van der Waals surface area contributed by atoms with Crippen molar-refractivity contribution < 1.29 is 26.8 Å². The van der Waals surface area contributed by atoms with Crippen molar-refractivity contribution in [1.82, 2.24) is 0 Å². The molecule has 0 amide bonds. The van der Waals surface area contributed by atoms with Gasteiger partial charge in [-0.2, -0.15) is 0 Å². The van der Waals surface area contributed by atoms with Crippen LogP contribution in [0.25, 0.3) is 16.7 Å². The van der Waals surface area contributed by atoms with Crippen LogP contribution >= 0.6 is 24.8 Å². The van der Waals surface area contributed by atoms with Gasteiger partial charge in [-0.25, -0.2) is 0 Å². The minimum absolute atomic E-state index is 0. The third-order valence-corrected chi connectivity index (χ3v) is 5.34. The van der Waals surface area contributed by atoms with Crippen LogP contribution < -0.4 is 0 Å². The van der Waals surface area contributed by atoms with Crippen molar-refractivity contribution in [3.8, 4) is 11.1 Å². The predicted molar refractivity (Wildman–Crippen MR) is 112 cm³/mol. The largest absolute Gasteiger partial charge is 0.392 e. The normalized spacial score (nSPS) is 16.0. The quantitative estimate of drug-likeness (QED) is 0.561. The number of halogens is 2. The second-order valence-electron chi connectivity index (χ2n) is 6.43. The summed E-state index contributed by atoms with van der Waals surface area (Å²) >= 11 is 0. The van der Waals surface area contributed by atoms with E-state index in [2.05, 4.69) is 58.0 Å². The molecule has 1 aliphatic carbocycles. The van der Waals surface area contributed by atoms with E-state index < -0.39 is 0 Å². The summed E-state index contributed by atoms with van der Waals surface area (Å²) in [4.78, 5) is 0. The first-order chi connectivity index (χ1) is 11.1. The monoisotopic (exact) mass is 424 g/mol. The van der Waals surface area contributed by atoms with E-state index in [-0.39, 0.29) is 53.1 Å². The topological polar surface area (TPSA) is 20.2 Å². The summed E-state index contributed by atoms with van der Waals surface area (Å²) in [6.07, 6.45) is 0. The van der Waals surface area contributed by atoms with Gasteiger partial charge < -0.3 is 5.11 Å². The predicted octanol–water partition coefficient (Wildman–Crippen LogP) is 6.45. The fourth-order valence-corrected chi connectivity index (χ4v) is 3.67. The maximum absolute atomic E-state index is 9.70. The van der Waals surface area contributed by atoms with Gasteiger partial charge in [0.25, 0.3) is 0 Å². The van der Waals surface area contributed by atoms with Gasteiger partial charge in [-0.15, -0.1) is 24.8 Å². The molecule has 2 aromatic carbocycles. The van der Waals surface area contributed by atoms with Gasteiger partial charge >= 0.3 is 0 Å². The maximum Gasteiger partial charge on any atom is 0.0687 e. The fourth-order valence-electron chi connectivity index (χ4n) is 3.67. The van der Waals surface area contributed by atoms with E-state index in [1.165, 1.54) is 33.4 Å². The van der Waals surface area contributed by atoms with Crippen molar-refractivity contribution in [3.63, 3.8) is 0 Å². The van der Waals surface area contributed by atoms with Crippen LogP contribution in [0.2, 0.25) is 0 Å². The average molecular weight is 425 g/mol. The molecule has 0 aromatic heterocycles. The van der Waals surface area contributed by atoms with Crippen molar-refractivity contribution in [1.29, 1.82) is 0 Å². The second kappa shape index (κ2) is 10.5. The number of aliphatic hydroxyl groups is 1. The van der Waals surface area contributed by atoms with Crippen LogP contribution in [0.1, 0.15) is 38.8 Å². The molecule has 4 heteroatoms. The molecule has 26 heavy (non-hydrogen) atoms. The van der Waals surface area contributed by atoms with E-state index in [0.717, 1.165) is 11.1 Å². The van der Waals surface area contributed by atoms with Crippen molar-refractivity contribution in [2.45, 2.75) is 34.3 Å². The molecule has 2 aromatic rings. The van der Waals surface area contributed by atoms with Crippen LogP contribution in [0, 0.1) is 5.92 Å². The average Bonchev–Trinajstić information content (AvgIpc) is 2.78.